The molecule has 3 heteroatoms. The lowest BCUT2D eigenvalue weighted by Gasteiger charge is -2.38. The van der Waals surface area contributed by atoms with Gasteiger partial charge in [0, 0.05) is 5.56 Å². The molecule has 2 saturated carbocycles. The molecule has 0 spiro atoms. The van der Waals surface area contributed by atoms with E-state index in [-0.39, 0.29) is 0 Å². The van der Waals surface area contributed by atoms with Gasteiger partial charge in [-0.15, -0.1) is 0 Å². The van der Waals surface area contributed by atoms with E-state index >= 15 is 0 Å². The second-order valence-corrected chi connectivity index (χ2v) is 8.83. The van der Waals surface area contributed by atoms with E-state index < -0.39 is 11.9 Å². The van der Waals surface area contributed by atoms with E-state index in [1.807, 2.05) is 0 Å². The van der Waals surface area contributed by atoms with Crippen molar-refractivity contribution in [3.63, 3.8) is 0 Å². The molecule has 0 saturated heterocycles. The summed E-state index contributed by atoms with van der Waals surface area (Å²) in [6.07, 6.45) is 17.0. The number of aromatic nitrogens is 1. The highest BCUT2D eigenvalue weighted by molar-refractivity contribution is 5.11. The molecule has 0 aliphatic heterocycles. The molecule has 0 atom stereocenters. The number of pyridine rings is 1. The molecule has 0 bridgehead atoms. The van der Waals surface area contributed by atoms with Gasteiger partial charge in [0.15, 0.2) is 0 Å². The molecule has 0 unspecified atom stereocenters. The Kier molecular flexibility index (Phi) is 7.45. The van der Waals surface area contributed by atoms with Crippen molar-refractivity contribution in [3.05, 3.63) is 29.6 Å². The minimum Gasteiger partial charge on any atom is -0.190 e. The maximum absolute atomic E-state index is 13.7. The molecule has 0 amide bonds. The van der Waals surface area contributed by atoms with Gasteiger partial charge in [-0.1, -0.05) is 51.9 Å². The van der Waals surface area contributed by atoms with E-state index in [0.29, 0.717) is 17.9 Å². The van der Waals surface area contributed by atoms with Crippen molar-refractivity contribution in [1.82, 2.24) is 4.98 Å². The average Bonchev–Trinajstić information content (AvgIpc) is 2.66. The Morgan fingerprint density at radius 3 is 1.96 bits per heavy atom. The van der Waals surface area contributed by atoms with Crippen molar-refractivity contribution < 1.29 is 8.78 Å². The number of unbranched alkanes of at least 4 members (excludes halogenated alkanes) is 1. The zero-order valence-corrected chi connectivity index (χ0v) is 16.4. The van der Waals surface area contributed by atoms with E-state index in [4.69, 9.17) is 0 Å². The van der Waals surface area contributed by atoms with Crippen LogP contribution < -0.4 is 0 Å². The molecule has 2 aliphatic rings. The van der Waals surface area contributed by atoms with Crippen molar-refractivity contribution in [2.24, 2.45) is 23.7 Å². The lowest BCUT2D eigenvalue weighted by molar-refractivity contribution is 0.140. The van der Waals surface area contributed by atoms with Gasteiger partial charge in [0.2, 0.25) is 11.9 Å². The highest BCUT2D eigenvalue weighted by Gasteiger charge is 2.30. The Morgan fingerprint density at radius 2 is 1.42 bits per heavy atom. The van der Waals surface area contributed by atoms with Crippen molar-refractivity contribution >= 4 is 0 Å². The van der Waals surface area contributed by atoms with Gasteiger partial charge in [0.25, 0.3) is 0 Å². The van der Waals surface area contributed by atoms with Crippen LogP contribution in [0.3, 0.4) is 0 Å². The van der Waals surface area contributed by atoms with Crippen molar-refractivity contribution in [2.45, 2.75) is 90.4 Å². The Labute approximate surface area is 158 Å². The number of aryl methyl sites for hydroxylation is 1. The quantitative estimate of drug-likeness (QED) is 0.471. The molecule has 146 valence electrons. The third-order valence-corrected chi connectivity index (χ3v) is 7.13. The minimum absolute atomic E-state index is 0.568. The normalized spacial score (nSPS) is 29.7. The molecular weight excluding hydrogens is 328 g/mol. The Hall–Kier alpha value is -0.990. The Balaban J connectivity index is 1.37. The van der Waals surface area contributed by atoms with E-state index in [0.717, 1.165) is 24.2 Å². The molecule has 0 N–H and O–H groups in total. The lowest BCUT2D eigenvalue weighted by Crippen LogP contribution is -2.26. The van der Waals surface area contributed by atoms with E-state index in [1.165, 1.54) is 76.7 Å². The number of halogens is 2. The van der Waals surface area contributed by atoms with Crippen LogP contribution >= 0.6 is 0 Å². The van der Waals surface area contributed by atoms with Crippen LogP contribution in [0.1, 0.15) is 89.5 Å². The summed E-state index contributed by atoms with van der Waals surface area (Å²) in [4.78, 5) is 3.30. The molecule has 3 rings (SSSR count). The predicted molar refractivity (Wildman–Crippen MR) is 103 cm³/mol. The first-order valence-corrected chi connectivity index (χ1v) is 11.0. The lowest BCUT2D eigenvalue weighted by atomic mass is 9.68. The molecule has 1 nitrogen and oxygen atoms in total. The van der Waals surface area contributed by atoms with E-state index in [9.17, 15) is 8.78 Å². The predicted octanol–water partition coefficient (Wildman–Crippen LogP) is 7.10. The average molecular weight is 364 g/mol. The fourth-order valence-electron chi connectivity index (χ4n) is 5.38. The van der Waals surface area contributed by atoms with Gasteiger partial charge in [-0.2, -0.15) is 13.8 Å². The fraction of sp³-hybridized carbons (Fsp3) is 0.783. The molecule has 2 fully saturated rings. The molecule has 0 radical (unpaired) electrons. The summed E-state index contributed by atoms with van der Waals surface area (Å²) in [7, 11) is 0. The summed E-state index contributed by atoms with van der Waals surface area (Å²) in [6, 6.07) is 2.83. The number of nitrogens with zero attached hydrogens (tertiary/aromatic N) is 1. The first kappa shape index (κ1) is 19.8. The smallest absolute Gasteiger partial charge is 0.190 e. The monoisotopic (exact) mass is 363 g/mol. The van der Waals surface area contributed by atoms with Crippen molar-refractivity contribution in [2.75, 3.05) is 0 Å². The standard InChI is InChI=1S/C23H35F2N/c1-2-3-4-17-5-10-19(11-6-17)20-12-7-18(8-13-20)9-14-21-15-16-22(24)26-23(21)25/h15-20H,2-14H2,1H3/t17-,18-,19-,20-. The fourth-order valence-corrected chi connectivity index (χ4v) is 5.38. The molecule has 26 heavy (non-hydrogen) atoms. The maximum Gasteiger partial charge on any atom is 0.218 e. The summed E-state index contributed by atoms with van der Waals surface area (Å²) < 4.78 is 26.6. The molecule has 1 heterocycles. The van der Waals surface area contributed by atoms with Crippen molar-refractivity contribution in [1.29, 1.82) is 0 Å². The van der Waals surface area contributed by atoms with Crippen LogP contribution in [0.4, 0.5) is 8.78 Å². The van der Waals surface area contributed by atoms with Gasteiger partial charge in [0.05, 0.1) is 0 Å². The van der Waals surface area contributed by atoms with Crippen LogP contribution in [0.25, 0.3) is 0 Å². The SMILES string of the molecule is CCCC[C@H]1CC[C@H]([C@H]2CC[C@H](CCc3ccc(F)nc3F)CC2)CC1. The van der Waals surface area contributed by atoms with Gasteiger partial charge in [-0.25, -0.2) is 0 Å². The van der Waals surface area contributed by atoms with Crippen LogP contribution in [-0.2, 0) is 6.42 Å². The van der Waals surface area contributed by atoms with Gasteiger partial charge in [-0.05, 0) is 74.3 Å². The van der Waals surface area contributed by atoms with Gasteiger partial charge < -0.3 is 0 Å². The number of rotatable bonds is 7. The van der Waals surface area contributed by atoms with Gasteiger partial charge in [-0.3, -0.25) is 0 Å². The second-order valence-electron chi connectivity index (χ2n) is 8.83. The third kappa shape index (κ3) is 5.50. The highest BCUT2D eigenvalue weighted by Crippen LogP contribution is 2.43. The highest BCUT2D eigenvalue weighted by atomic mass is 19.1. The minimum atomic E-state index is -0.726. The molecule has 0 aromatic carbocycles. The molecule has 1 aromatic heterocycles. The van der Waals surface area contributed by atoms with Crippen LogP contribution in [-0.4, -0.2) is 4.98 Å². The maximum atomic E-state index is 13.7. The van der Waals surface area contributed by atoms with E-state index in [2.05, 4.69) is 11.9 Å². The largest absolute Gasteiger partial charge is 0.218 e. The van der Waals surface area contributed by atoms with Crippen molar-refractivity contribution in [3.8, 4) is 0 Å². The molecule has 1 aromatic rings. The summed E-state index contributed by atoms with van der Waals surface area (Å²) in [6.45, 7) is 2.30. The zero-order valence-electron chi connectivity index (χ0n) is 16.4. The van der Waals surface area contributed by atoms with Crippen LogP contribution in [0.5, 0.6) is 0 Å². The van der Waals surface area contributed by atoms with E-state index in [1.54, 1.807) is 6.07 Å². The first-order valence-electron chi connectivity index (χ1n) is 11.0. The first-order chi connectivity index (χ1) is 12.7. The van der Waals surface area contributed by atoms with Crippen LogP contribution in [0.2, 0.25) is 0 Å². The number of hydrogen-bond donors (Lipinski definition) is 0. The van der Waals surface area contributed by atoms with Crippen LogP contribution in [0, 0.1) is 35.6 Å². The Bertz CT molecular complexity index is 543. The summed E-state index contributed by atoms with van der Waals surface area (Å²) in [5, 5.41) is 0. The number of hydrogen-bond acceptors (Lipinski definition) is 1. The summed E-state index contributed by atoms with van der Waals surface area (Å²) in [5.41, 5.74) is 0.568. The summed E-state index contributed by atoms with van der Waals surface area (Å²) >= 11 is 0. The summed E-state index contributed by atoms with van der Waals surface area (Å²) in [5.74, 6) is 2.25. The van der Waals surface area contributed by atoms with Gasteiger partial charge in [0.1, 0.15) is 0 Å². The third-order valence-electron chi connectivity index (χ3n) is 7.13. The zero-order chi connectivity index (χ0) is 18.4. The molecular formula is C23H35F2N. The topological polar surface area (TPSA) is 12.9 Å². The second kappa shape index (κ2) is 9.80. The Morgan fingerprint density at radius 1 is 0.846 bits per heavy atom. The van der Waals surface area contributed by atoms with Gasteiger partial charge >= 0.3 is 0 Å². The molecule has 2 aliphatic carbocycles. The van der Waals surface area contributed by atoms with Crippen LogP contribution in [0.15, 0.2) is 12.1 Å².